The fourth-order valence-corrected chi connectivity index (χ4v) is 2.10. The highest BCUT2D eigenvalue weighted by atomic mass is 32.1. The number of likely N-dealkylation sites (N-methyl/N-ethyl adjacent to an activating group) is 1. The van der Waals surface area contributed by atoms with E-state index < -0.39 is 0 Å². The topological polar surface area (TPSA) is 49.6 Å². The molecule has 0 atom stereocenters. The number of hydrogen-bond donors (Lipinski definition) is 1. The van der Waals surface area contributed by atoms with Crippen LogP contribution in [-0.2, 0) is 4.79 Å². The van der Waals surface area contributed by atoms with E-state index in [2.05, 4.69) is 4.90 Å². The lowest BCUT2D eigenvalue weighted by Crippen LogP contribution is -2.39. The number of rotatable bonds is 5. The summed E-state index contributed by atoms with van der Waals surface area (Å²) in [6, 6.07) is 0. The van der Waals surface area contributed by atoms with Crippen molar-refractivity contribution in [1.29, 1.82) is 0 Å². The Morgan fingerprint density at radius 1 is 1.29 bits per heavy atom. The van der Waals surface area contributed by atoms with Gasteiger partial charge in [0, 0.05) is 20.0 Å². The van der Waals surface area contributed by atoms with Gasteiger partial charge in [-0.3, -0.25) is 9.69 Å². The summed E-state index contributed by atoms with van der Waals surface area (Å²) in [6.45, 7) is 3.26. The number of nitrogens with zero attached hydrogens (tertiary/aromatic N) is 2. The molecule has 0 saturated carbocycles. The third-order valence-corrected chi connectivity index (χ3v) is 3.38. The third-order valence-electron chi connectivity index (χ3n) is 3.18. The second kappa shape index (κ2) is 7.61. The van der Waals surface area contributed by atoms with Crippen LogP contribution in [0.4, 0.5) is 0 Å². The normalized spacial score (nSPS) is 17.5. The van der Waals surface area contributed by atoms with Crippen molar-refractivity contribution in [1.82, 2.24) is 9.80 Å². The summed E-state index contributed by atoms with van der Waals surface area (Å²) in [5.41, 5.74) is 5.43. The van der Waals surface area contributed by atoms with Crippen molar-refractivity contribution < 1.29 is 4.79 Å². The molecule has 5 heteroatoms. The van der Waals surface area contributed by atoms with Gasteiger partial charge in [-0.1, -0.05) is 25.1 Å². The Morgan fingerprint density at radius 2 is 1.88 bits per heavy atom. The Balaban J connectivity index is 2.28. The number of hydrogen-bond acceptors (Lipinski definition) is 3. The van der Waals surface area contributed by atoms with Crippen LogP contribution in [0.1, 0.15) is 32.1 Å². The predicted octanol–water partition coefficient (Wildman–Crippen LogP) is 0.997. The monoisotopic (exact) mass is 257 g/mol. The second-order valence-corrected chi connectivity index (χ2v) is 5.25. The van der Waals surface area contributed by atoms with Crippen LogP contribution in [0.5, 0.6) is 0 Å². The van der Waals surface area contributed by atoms with Crippen molar-refractivity contribution >= 4 is 23.1 Å². The van der Waals surface area contributed by atoms with Crippen LogP contribution >= 0.6 is 12.2 Å². The first-order chi connectivity index (χ1) is 8.09. The Kier molecular flexibility index (Phi) is 6.44. The van der Waals surface area contributed by atoms with E-state index in [1.54, 1.807) is 4.90 Å². The van der Waals surface area contributed by atoms with Gasteiger partial charge >= 0.3 is 0 Å². The van der Waals surface area contributed by atoms with Crippen molar-refractivity contribution in [2.45, 2.75) is 32.1 Å². The number of carbonyl (C=O) groups excluding carboxylic acids is 1. The van der Waals surface area contributed by atoms with Crippen LogP contribution in [0.25, 0.3) is 0 Å². The minimum absolute atomic E-state index is 0.170. The molecule has 0 radical (unpaired) electrons. The molecule has 1 amide bonds. The molecule has 98 valence electrons. The molecule has 2 N–H and O–H groups in total. The molecule has 17 heavy (non-hydrogen) atoms. The molecule has 0 bridgehead atoms. The molecular formula is C12H23N3OS. The van der Waals surface area contributed by atoms with Crippen LogP contribution in [0.2, 0.25) is 0 Å². The minimum Gasteiger partial charge on any atom is -0.393 e. The summed E-state index contributed by atoms with van der Waals surface area (Å²) in [6.07, 6.45) is 5.62. The molecule has 1 rings (SSSR count). The van der Waals surface area contributed by atoms with Crippen molar-refractivity contribution in [2.24, 2.45) is 5.73 Å². The van der Waals surface area contributed by atoms with Crippen LogP contribution in [0.15, 0.2) is 0 Å². The highest BCUT2D eigenvalue weighted by molar-refractivity contribution is 7.80. The molecule has 1 heterocycles. The summed E-state index contributed by atoms with van der Waals surface area (Å²) in [5, 5.41) is 0. The van der Waals surface area contributed by atoms with Gasteiger partial charge in [-0.25, -0.2) is 0 Å². The first-order valence-corrected chi connectivity index (χ1v) is 6.75. The van der Waals surface area contributed by atoms with Crippen molar-refractivity contribution in [3.05, 3.63) is 0 Å². The zero-order valence-corrected chi connectivity index (χ0v) is 11.5. The van der Waals surface area contributed by atoms with E-state index in [-0.39, 0.29) is 5.91 Å². The SMILES string of the molecule is CN(CCC(N)=S)C(=O)CN1CCCCCC1. The zero-order valence-electron chi connectivity index (χ0n) is 10.7. The molecule has 0 spiro atoms. The van der Waals surface area contributed by atoms with Gasteiger partial charge in [-0.05, 0) is 25.9 Å². The number of likely N-dealkylation sites (tertiary alicyclic amines) is 1. The van der Waals surface area contributed by atoms with Crippen molar-refractivity contribution in [2.75, 3.05) is 33.2 Å². The Morgan fingerprint density at radius 3 is 2.41 bits per heavy atom. The van der Waals surface area contributed by atoms with E-state index in [1.165, 1.54) is 25.7 Å². The van der Waals surface area contributed by atoms with Crippen LogP contribution < -0.4 is 5.73 Å². The number of nitrogens with two attached hydrogens (primary N) is 1. The van der Waals surface area contributed by atoms with Gasteiger partial charge < -0.3 is 10.6 Å². The summed E-state index contributed by atoms with van der Waals surface area (Å²) >= 11 is 4.81. The van der Waals surface area contributed by atoms with E-state index >= 15 is 0 Å². The largest absolute Gasteiger partial charge is 0.393 e. The molecule has 1 aliphatic rings. The zero-order chi connectivity index (χ0) is 12.7. The van der Waals surface area contributed by atoms with Crippen LogP contribution in [0.3, 0.4) is 0 Å². The molecule has 0 aromatic carbocycles. The third kappa shape index (κ3) is 5.98. The average Bonchev–Trinajstić information content (AvgIpc) is 2.54. The van der Waals surface area contributed by atoms with E-state index in [0.717, 1.165) is 13.1 Å². The fourth-order valence-electron chi connectivity index (χ4n) is 2.01. The van der Waals surface area contributed by atoms with Gasteiger partial charge in [0.15, 0.2) is 0 Å². The van der Waals surface area contributed by atoms with Crippen molar-refractivity contribution in [3.8, 4) is 0 Å². The minimum atomic E-state index is 0.170. The van der Waals surface area contributed by atoms with E-state index in [0.29, 0.717) is 24.5 Å². The molecule has 1 fully saturated rings. The van der Waals surface area contributed by atoms with Gasteiger partial charge in [-0.15, -0.1) is 0 Å². The maximum Gasteiger partial charge on any atom is 0.236 e. The highest BCUT2D eigenvalue weighted by Crippen LogP contribution is 2.09. The maximum absolute atomic E-state index is 11.9. The molecule has 0 aliphatic carbocycles. The molecule has 0 unspecified atom stereocenters. The Labute approximate surface area is 109 Å². The maximum atomic E-state index is 11.9. The molecule has 4 nitrogen and oxygen atoms in total. The average molecular weight is 257 g/mol. The fraction of sp³-hybridized carbons (Fsp3) is 0.833. The second-order valence-electron chi connectivity index (χ2n) is 4.72. The van der Waals surface area contributed by atoms with E-state index in [9.17, 15) is 4.79 Å². The van der Waals surface area contributed by atoms with Gasteiger partial charge in [-0.2, -0.15) is 0 Å². The van der Waals surface area contributed by atoms with E-state index in [1.807, 2.05) is 7.05 Å². The summed E-state index contributed by atoms with van der Waals surface area (Å²) in [4.78, 5) is 16.4. The molecule has 1 saturated heterocycles. The van der Waals surface area contributed by atoms with Gasteiger partial charge in [0.2, 0.25) is 5.91 Å². The van der Waals surface area contributed by atoms with Gasteiger partial charge in [0.05, 0.1) is 11.5 Å². The Bertz CT molecular complexity index is 262. The van der Waals surface area contributed by atoms with Crippen LogP contribution in [-0.4, -0.2) is 53.9 Å². The lowest BCUT2D eigenvalue weighted by molar-refractivity contribution is -0.131. The Hall–Kier alpha value is -0.680. The summed E-state index contributed by atoms with van der Waals surface area (Å²) < 4.78 is 0. The van der Waals surface area contributed by atoms with Crippen molar-refractivity contribution in [3.63, 3.8) is 0 Å². The molecule has 1 aliphatic heterocycles. The van der Waals surface area contributed by atoms with E-state index in [4.69, 9.17) is 18.0 Å². The molecule has 0 aromatic heterocycles. The van der Waals surface area contributed by atoms with Crippen LogP contribution in [0, 0.1) is 0 Å². The quantitative estimate of drug-likeness (QED) is 0.747. The first kappa shape index (κ1) is 14.4. The highest BCUT2D eigenvalue weighted by Gasteiger charge is 2.15. The van der Waals surface area contributed by atoms with Gasteiger partial charge in [0.25, 0.3) is 0 Å². The number of amides is 1. The van der Waals surface area contributed by atoms with Gasteiger partial charge in [0.1, 0.15) is 0 Å². The lowest BCUT2D eigenvalue weighted by Gasteiger charge is -2.23. The number of thiocarbonyl (C=S) groups is 1. The first-order valence-electron chi connectivity index (χ1n) is 6.34. The smallest absolute Gasteiger partial charge is 0.236 e. The summed E-state index contributed by atoms with van der Waals surface area (Å²) in [5.74, 6) is 0.170. The molecular weight excluding hydrogens is 234 g/mol. The predicted molar refractivity (Wildman–Crippen MR) is 73.9 cm³/mol. The lowest BCUT2D eigenvalue weighted by atomic mass is 10.2. The standard InChI is InChI=1S/C12H23N3OS/c1-14(9-6-11(13)17)12(16)10-15-7-4-2-3-5-8-15/h2-10H2,1H3,(H2,13,17). The number of carbonyl (C=O) groups is 1. The summed E-state index contributed by atoms with van der Waals surface area (Å²) in [7, 11) is 1.82. The molecule has 0 aromatic rings.